The number of fused-ring (bicyclic) bond motifs is 1. The van der Waals surface area contributed by atoms with Crippen molar-refractivity contribution in [2.75, 3.05) is 6.61 Å². The summed E-state index contributed by atoms with van der Waals surface area (Å²) in [6.45, 7) is 9.84. The highest BCUT2D eigenvalue weighted by Crippen LogP contribution is 2.34. The van der Waals surface area contributed by atoms with Crippen molar-refractivity contribution in [1.82, 2.24) is 0 Å². The van der Waals surface area contributed by atoms with Crippen molar-refractivity contribution in [2.45, 2.75) is 57.7 Å². The van der Waals surface area contributed by atoms with E-state index in [1.807, 2.05) is 13.0 Å². The number of aliphatic hydroxyl groups is 2. The molecule has 0 amide bonds. The Morgan fingerprint density at radius 2 is 2.04 bits per heavy atom. The smallest absolute Gasteiger partial charge is 0.334 e. The molecule has 3 atom stereocenters. The van der Waals surface area contributed by atoms with Crippen LogP contribution in [0.1, 0.15) is 45.4 Å². The zero-order chi connectivity index (χ0) is 17.7. The standard InChI is InChI=1S/C20H28O4/c1-13-5-4-6-14(2)18(22)10-8-16(12-21)7-9-17-15(3)20(23)24-19(17)11-13/h5,7,17-19,21-22H,2-4,6,8-12H2,1H3. The first kappa shape index (κ1) is 18.7. The van der Waals surface area contributed by atoms with E-state index >= 15 is 0 Å². The number of rotatable bonds is 1. The number of ether oxygens (including phenoxy) is 1. The molecule has 3 unspecified atom stereocenters. The minimum absolute atomic E-state index is 0.0448. The number of carbonyl (C=O) groups excluding carboxylic acids is 1. The minimum atomic E-state index is -0.546. The van der Waals surface area contributed by atoms with Gasteiger partial charge in [0.1, 0.15) is 6.10 Å². The lowest BCUT2D eigenvalue weighted by Gasteiger charge is -2.19. The molecule has 2 aliphatic rings. The molecule has 1 fully saturated rings. The Balaban J connectivity index is 2.22. The number of esters is 1. The van der Waals surface area contributed by atoms with Crippen LogP contribution in [0, 0.1) is 5.92 Å². The molecule has 0 spiro atoms. The fourth-order valence-electron chi connectivity index (χ4n) is 3.29. The van der Waals surface area contributed by atoms with Crippen LogP contribution in [0.3, 0.4) is 0 Å². The minimum Gasteiger partial charge on any atom is -0.458 e. The van der Waals surface area contributed by atoms with Gasteiger partial charge in [0.05, 0.1) is 12.7 Å². The second-order valence-electron chi connectivity index (χ2n) is 6.84. The molecule has 0 aromatic rings. The molecule has 2 rings (SSSR count). The molecule has 4 nitrogen and oxygen atoms in total. The van der Waals surface area contributed by atoms with Gasteiger partial charge in [-0.2, -0.15) is 0 Å². The van der Waals surface area contributed by atoms with Gasteiger partial charge in [-0.1, -0.05) is 30.9 Å². The maximum atomic E-state index is 11.9. The Kier molecular flexibility index (Phi) is 6.58. The number of hydrogen-bond acceptors (Lipinski definition) is 4. The van der Waals surface area contributed by atoms with Gasteiger partial charge in [-0.15, -0.1) is 0 Å². The predicted molar refractivity (Wildman–Crippen MR) is 94.3 cm³/mol. The van der Waals surface area contributed by atoms with Gasteiger partial charge in [0.15, 0.2) is 0 Å². The van der Waals surface area contributed by atoms with Gasteiger partial charge in [0.2, 0.25) is 0 Å². The van der Waals surface area contributed by atoms with Crippen LogP contribution < -0.4 is 0 Å². The van der Waals surface area contributed by atoms with Crippen molar-refractivity contribution >= 4 is 5.97 Å². The molecule has 2 N–H and O–H groups in total. The quantitative estimate of drug-likeness (QED) is 0.439. The maximum Gasteiger partial charge on any atom is 0.334 e. The summed E-state index contributed by atoms with van der Waals surface area (Å²) in [5.74, 6) is -0.366. The van der Waals surface area contributed by atoms with Crippen molar-refractivity contribution in [1.29, 1.82) is 0 Å². The third kappa shape index (κ3) is 4.68. The van der Waals surface area contributed by atoms with Crippen LogP contribution in [0.15, 0.2) is 47.6 Å². The lowest BCUT2D eigenvalue weighted by atomic mass is 9.88. The van der Waals surface area contributed by atoms with Gasteiger partial charge in [0, 0.05) is 17.9 Å². The van der Waals surface area contributed by atoms with Gasteiger partial charge < -0.3 is 14.9 Å². The van der Waals surface area contributed by atoms with Crippen LogP contribution in [0.5, 0.6) is 0 Å². The molecule has 0 bridgehead atoms. The van der Waals surface area contributed by atoms with Gasteiger partial charge in [-0.3, -0.25) is 0 Å². The zero-order valence-electron chi connectivity index (χ0n) is 14.5. The van der Waals surface area contributed by atoms with Gasteiger partial charge in [-0.25, -0.2) is 4.79 Å². The summed E-state index contributed by atoms with van der Waals surface area (Å²) in [4.78, 5) is 11.9. The van der Waals surface area contributed by atoms with Crippen LogP contribution in [-0.4, -0.2) is 35.0 Å². The molecule has 1 aliphatic heterocycles. The second kappa shape index (κ2) is 8.45. The Bertz CT molecular complexity index is 570. The van der Waals surface area contributed by atoms with Gasteiger partial charge >= 0.3 is 5.97 Å². The molecular formula is C20H28O4. The summed E-state index contributed by atoms with van der Waals surface area (Å²) >= 11 is 0. The lowest BCUT2D eigenvalue weighted by molar-refractivity contribution is -0.139. The molecule has 0 radical (unpaired) electrons. The number of aliphatic hydroxyl groups excluding tert-OH is 2. The van der Waals surface area contributed by atoms with E-state index in [0.29, 0.717) is 31.3 Å². The molecule has 0 saturated carbocycles. The highest BCUT2D eigenvalue weighted by atomic mass is 16.6. The van der Waals surface area contributed by atoms with E-state index in [1.165, 1.54) is 5.57 Å². The summed E-state index contributed by atoms with van der Waals surface area (Å²) in [5, 5.41) is 19.7. The molecule has 132 valence electrons. The highest BCUT2D eigenvalue weighted by Gasteiger charge is 2.37. The van der Waals surface area contributed by atoms with Crippen LogP contribution in [0.4, 0.5) is 0 Å². The number of allylic oxidation sites excluding steroid dienone is 2. The molecule has 1 aliphatic carbocycles. The summed E-state index contributed by atoms with van der Waals surface area (Å²) in [6, 6.07) is 0. The monoisotopic (exact) mass is 332 g/mol. The Morgan fingerprint density at radius 3 is 2.75 bits per heavy atom. The first-order valence-corrected chi connectivity index (χ1v) is 8.62. The van der Waals surface area contributed by atoms with E-state index in [1.54, 1.807) is 0 Å². The molecule has 4 heteroatoms. The highest BCUT2D eigenvalue weighted by molar-refractivity contribution is 5.90. The van der Waals surface area contributed by atoms with Crippen LogP contribution >= 0.6 is 0 Å². The molecule has 1 heterocycles. The summed E-state index contributed by atoms with van der Waals surface area (Å²) in [5.41, 5.74) is 3.38. The van der Waals surface area contributed by atoms with E-state index in [0.717, 1.165) is 24.0 Å². The Labute approximate surface area is 144 Å². The first-order chi connectivity index (χ1) is 11.4. The average molecular weight is 332 g/mol. The molecule has 0 aromatic heterocycles. The van der Waals surface area contributed by atoms with E-state index in [2.05, 4.69) is 19.2 Å². The lowest BCUT2D eigenvalue weighted by Crippen LogP contribution is -2.17. The fourth-order valence-corrected chi connectivity index (χ4v) is 3.29. The number of hydrogen-bond donors (Lipinski definition) is 2. The fraction of sp³-hybridized carbons (Fsp3) is 0.550. The van der Waals surface area contributed by atoms with E-state index in [4.69, 9.17) is 4.74 Å². The largest absolute Gasteiger partial charge is 0.458 e. The summed E-state index contributed by atoms with van der Waals surface area (Å²) < 4.78 is 5.49. The molecule has 1 saturated heterocycles. The number of carbonyl (C=O) groups is 1. The van der Waals surface area contributed by atoms with E-state index in [9.17, 15) is 15.0 Å². The van der Waals surface area contributed by atoms with Crippen molar-refractivity contribution in [3.05, 3.63) is 47.6 Å². The van der Waals surface area contributed by atoms with Crippen LogP contribution in [-0.2, 0) is 9.53 Å². The van der Waals surface area contributed by atoms with Gasteiger partial charge in [-0.05, 0) is 50.2 Å². The topological polar surface area (TPSA) is 66.8 Å². The van der Waals surface area contributed by atoms with Crippen molar-refractivity contribution in [3.8, 4) is 0 Å². The second-order valence-corrected chi connectivity index (χ2v) is 6.84. The molecule has 24 heavy (non-hydrogen) atoms. The predicted octanol–water partition coefficient (Wildman–Crippen LogP) is 3.22. The molecular weight excluding hydrogens is 304 g/mol. The Morgan fingerprint density at radius 1 is 1.29 bits per heavy atom. The summed E-state index contributed by atoms with van der Waals surface area (Å²) in [6.07, 6.45) is 7.39. The Hall–Kier alpha value is -1.65. The van der Waals surface area contributed by atoms with Crippen molar-refractivity contribution in [2.24, 2.45) is 5.92 Å². The average Bonchev–Trinajstić information content (AvgIpc) is 2.80. The van der Waals surface area contributed by atoms with Crippen molar-refractivity contribution in [3.63, 3.8) is 0 Å². The SMILES string of the molecule is C=C1CCC=C(C)CC2OC(=O)C(=C)C2CC=C(CO)CCC1O. The summed E-state index contributed by atoms with van der Waals surface area (Å²) in [7, 11) is 0. The van der Waals surface area contributed by atoms with Crippen LogP contribution in [0.25, 0.3) is 0 Å². The first-order valence-electron chi connectivity index (χ1n) is 8.62. The third-order valence-electron chi connectivity index (χ3n) is 4.97. The van der Waals surface area contributed by atoms with Gasteiger partial charge in [0.25, 0.3) is 0 Å². The van der Waals surface area contributed by atoms with E-state index in [-0.39, 0.29) is 24.6 Å². The van der Waals surface area contributed by atoms with E-state index < -0.39 is 6.10 Å². The normalized spacial score (nSPS) is 30.1. The van der Waals surface area contributed by atoms with Crippen molar-refractivity contribution < 1.29 is 19.7 Å². The zero-order valence-corrected chi connectivity index (χ0v) is 14.5. The maximum absolute atomic E-state index is 11.9. The third-order valence-corrected chi connectivity index (χ3v) is 4.97. The molecule has 0 aromatic carbocycles. The van der Waals surface area contributed by atoms with Crippen LogP contribution in [0.2, 0.25) is 0 Å².